The summed E-state index contributed by atoms with van der Waals surface area (Å²) < 4.78 is 36.8. The van der Waals surface area contributed by atoms with Crippen LogP contribution in [0.5, 0.6) is 11.5 Å². The highest BCUT2D eigenvalue weighted by Gasteiger charge is 2.16. The maximum atomic E-state index is 13.8. The summed E-state index contributed by atoms with van der Waals surface area (Å²) in [6.45, 7) is 0. The molecule has 0 atom stereocenters. The molecule has 7 heteroatoms. The lowest BCUT2D eigenvalue weighted by Crippen LogP contribution is -2.06. The van der Waals surface area contributed by atoms with E-state index in [1.807, 2.05) is 0 Å². The standard InChI is InChI=1S/C14H10ClF2NO3/c1-20-14(19)8-5-13(11(17)6-12(8)18)21-7-2-3-9(15)10(16)4-7/h2-6H,18H2,1H3. The summed E-state index contributed by atoms with van der Waals surface area (Å²) in [4.78, 5) is 11.5. The molecule has 2 aromatic carbocycles. The maximum Gasteiger partial charge on any atom is 0.340 e. The van der Waals surface area contributed by atoms with Crippen molar-refractivity contribution in [3.05, 3.63) is 52.6 Å². The molecule has 2 N–H and O–H groups in total. The number of benzene rings is 2. The summed E-state index contributed by atoms with van der Waals surface area (Å²) in [5, 5.41) is -0.0876. The first kappa shape index (κ1) is 15.1. The second kappa shape index (κ2) is 5.97. The zero-order valence-electron chi connectivity index (χ0n) is 10.8. The molecule has 0 aliphatic carbocycles. The molecule has 0 aromatic heterocycles. The van der Waals surface area contributed by atoms with Crippen molar-refractivity contribution < 1.29 is 23.0 Å². The Balaban J connectivity index is 2.39. The third-order valence-electron chi connectivity index (χ3n) is 2.63. The molecule has 2 rings (SSSR count). The van der Waals surface area contributed by atoms with Gasteiger partial charge >= 0.3 is 5.97 Å². The molecule has 0 radical (unpaired) electrons. The number of anilines is 1. The molecule has 0 saturated carbocycles. The van der Waals surface area contributed by atoms with Crippen molar-refractivity contribution in [2.24, 2.45) is 0 Å². The van der Waals surface area contributed by atoms with Crippen molar-refractivity contribution in [3.8, 4) is 11.5 Å². The predicted octanol–water partition coefficient (Wildman–Crippen LogP) is 3.78. The molecule has 0 aliphatic heterocycles. The van der Waals surface area contributed by atoms with E-state index in [-0.39, 0.29) is 27.8 Å². The van der Waals surface area contributed by atoms with Gasteiger partial charge in [0.15, 0.2) is 11.6 Å². The molecule has 0 heterocycles. The topological polar surface area (TPSA) is 61.5 Å². The lowest BCUT2D eigenvalue weighted by Gasteiger charge is -2.10. The Labute approximate surface area is 124 Å². The van der Waals surface area contributed by atoms with Gasteiger partial charge in [-0.05, 0) is 12.1 Å². The van der Waals surface area contributed by atoms with Gasteiger partial charge in [0.1, 0.15) is 11.6 Å². The van der Waals surface area contributed by atoms with Crippen LogP contribution in [0.25, 0.3) is 0 Å². The summed E-state index contributed by atoms with van der Waals surface area (Å²) in [6.07, 6.45) is 0. The molecule has 2 aromatic rings. The quantitative estimate of drug-likeness (QED) is 0.692. The van der Waals surface area contributed by atoms with Gasteiger partial charge < -0.3 is 15.2 Å². The molecule has 0 amide bonds. The summed E-state index contributed by atoms with van der Waals surface area (Å²) in [5.41, 5.74) is 5.39. The summed E-state index contributed by atoms with van der Waals surface area (Å²) >= 11 is 5.54. The molecule has 0 aliphatic rings. The van der Waals surface area contributed by atoms with E-state index in [1.54, 1.807) is 0 Å². The van der Waals surface area contributed by atoms with Crippen LogP contribution in [-0.2, 0) is 4.74 Å². The fourth-order valence-corrected chi connectivity index (χ4v) is 1.72. The Morgan fingerprint density at radius 3 is 2.52 bits per heavy atom. The summed E-state index contributed by atoms with van der Waals surface area (Å²) in [7, 11) is 1.17. The Bertz CT molecular complexity index is 707. The van der Waals surface area contributed by atoms with Crippen molar-refractivity contribution in [3.63, 3.8) is 0 Å². The summed E-state index contributed by atoms with van der Waals surface area (Å²) in [5.74, 6) is -2.50. The van der Waals surface area contributed by atoms with Crippen LogP contribution in [0.1, 0.15) is 10.4 Å². The van der Waals surface area contributed by atoms with Crippen molar-refractivity contribution >= 4 is 23.3 Å². The third-order valence-corrected chi connectivity index (χ3v) is 2.93. The van der Waals surface area contributed by atoms with E-state index in [2.05, 4.69) is 4.74 Å². The molecular formula is C14H10ClF2NO3. The molecule has 110 valence electrons. The van der Waals surface area contributed by atoms with E-state index in [4.69, 9.17) is 22.1 Å². The number of carbonyl (C=O) groups is 1. The molecule has 0 saturated heterocycles. The number of nitrogen functional groups attached to an aromatic ring is 1. The molecule has 4 nitrogen and oxygen atoms in total. The van der Waals surface area contributed by atoms with E-state index >= 15 is 0 Å². The lowest BCUT2D eigenvalue weighted by atomic mass is 10.1. The highest BCUT2D eigenvalue weighted by molar-refractivity contribution is 6.30. The number of ether oxygens (including phenoxy) is 2. The van der Waals surface area contributed by atoms with Gasteiger partial charge in [-0.25, -0.2) is 13.6 Å². The normalized spacial score (nSPS) is 10.3. The molecule has 0 fully saturated rings. The van der Waals surface area contributed by atoms with Crippen LogP contribution in [0.4, 0.5) is 14.5 Å². The van der Waals surface area contributed by atoms with Crippen LogP contribution in [-0.4, -0.2) is 13.1 Å². The minimum absolute atomic E-state index is 0.0244. The van der Waals surface area contributed by atoms with E-state index in [0.29, 0.717) is 0 Å². The second-order valence-corrected chi connectivity index (χ2v) is 4.45. The molecular weight excluding hydrogens is 304 g/mol. The minimum Gasteiger partial charge on any atom is -0.465 e. The van der Waals surface area contributed by atoms with Gasteiger partial charge in [-0.3, -0.25) is 0 Å². The molecule has 0 bridgehead atoms. The maximum absolute atomic E-state index is 13.8. The largest absolute Gasteiger partial charge is 0.465 e. The Morgan fingerprint density at radius 1 is 1.19 bits per heavy atom. The molecule has 0 spiro atoms. The number of nitrogens with two attached hydrogens (primary N) is 1. The highest BCUT2D eigenvalue weighted by atomic mass is 35.5. The van der Waals surface area contributed by atoms with Crippen molar-refractivity contribution in [1.29, 1.82) is 0 Å². The minimum atomic E-state index is -0.796. The predicted molar refractivity (Wildman–Crippen MR) is 73.6 cm³/mol. The Kier molecular flexibility index (Phi) is 4.28. The summed E-state index contributed by atoms with van der Waals surface area (Å²) in [6, 6.07) is 5.63. The van der Waals surface area contributed by atoms with Gasteiger partial charge in [0.25, 0.3) is 0 Å². The van der Waals surface area contributed by atoms with Gasteiger partial charge in [-0.15, -0.1) is 0 Å². The average Bonchev–Trinajstić information content (AvgIpc) is 2.45. The van der Waals surface area contributed by atoms with Crippen LogP contribution in [0.2, 0.25) is 5.02 Å². The van der Waals surface area contributed by atoms with E-state index in [9.17, 15) is 13.6 Å². The number of esters is 1. The van der Waals surface area contributed by atoms with Crippen LogP contribution in [0.3, 0.4) is 0 Å². The molecule has 21 heavy (non-hydrogen) atoms. The van der Waals surface area contributed by atoms with Gasteiger partial charge in [-0.2, -0.15) is 0 Å². The monoisotopic (exact) mass is 313 g/mol. The van der Waals surface area contributed by atoms with E-state index < -0.39 is 17.6 Å². The van der Waals surface area contributed by atoms with Crippen LogP contribution in [0, 0.1) is 11.6 Å². The average molecular weight is 314 g/mol. The number of hydrogen-bond acceptors (Lipinski definition) is 4. The number of methoxy groups -OCH3 is 1. The van der Waals surface area contributed by atoms with Gasteiger partial charge in [0, 0.05) is 23.9 Å². The van der Waals surface area contributed by atoms with Crippen LogP contribution < -0.4 is 10.5 Å². The second-order valence-electron chi connectivity index (χ2n) is 4.04. The van der Waals surface area contributed by atoms with Gasteiger partial charge in [-0.1, -0.05) is 11.6 Å². The Morgan fingerprint density at radius 2 is 1.90 bits per heavy atom. The van der Waals surface area contributed by atoms with Crippen molar-refractivity contribution in [2.75, 3.05) is 12.8 Å². The SMILES string of the molecule is COC(=O)c1cc(Oc2ccc(Cl)c(F)c2)c(F)cc1N. The number of halogens is 3. The van der Waals surface area contributed by atoms with E-state index in [1.165, 1.54) is 19.2 Å². The van der Waals surface area contributed by atoms with Crippen molar-refractivity contribution in [1.82, 2.24) is 0 Å². The third kappa shape index (κ3) is 3.22. The first-order valence-electron chi connectivity index (χ1n) is 5.72. The first-order chi connectivity index (χ1) is 9.92. The Hall–Kier alpha value is -2.34. The fourth-order valence-electron chi connectivity index (χ4n) is 1.60. The number of carbonyl (C=O) groups excluding carboxylic acids is 1. The van der Waals surface area contributed by atoms with Gasteiger partial charge in [0.2, 0.25) is 0 Å². The van der Waals surface area contributed by atoms with E-state index in [0.717, 1.165) is 18.2 Å². The van der Waals surface area contributed by atoms with Crippen LogP contribution >= 0.6 is 11.6 Å². The highest BCUT2D eigenvalue weighted by Crippen LogP contribution is 2.30. The van der Waals surface area contributed by atoms with Crippen LogP contribution in [0.15, 0.2) is 30.3 Å². The number of rotatable bonds is 3. The van der Waals surface area contributed by atoms with Gasteiger partial charge in [0.05, 0.1) is 17.7 Å². The zero-order valence-corrected chi connectivity index (χ0v) is 11.6. The fraction of sp³-hybridized carbons (Fsp3) is 0.0714. The first-order valence-corrected chi connectivity index (χ1v) is 6.10. The zero-order chi connectivity index (χ0) is 15.6. The lowest BCUT2D eigenvalue weighted by molar-refractivity contribution is 0.0601. The number of hydrogen-bond donors (Lipinski definition) is 1. The smallest absolute Gasteiger partial charge is 0.340 e. The van der Waals surface area contributed by atoms with Crippen molar-refractivity contribution in [2.45, 2.75) is 0 Å². The molecule has 0 unspecified atom stereocenters.